The molecule has 25 heavy (non-hydrogen) atoms. The van der Waals surface area contributed by atoms with Gasteiger partial charge in [0.05, 0.1) is 10.6 Å². The van der Waals surface area contributed by atoms with Gasteiger partial charge in [0.25, 0.3) is 10.0 Å². The maximum absolute atomic E-state index is 12.3. The summed E-state index contributed by atoms with van der Waals surface area (Å²) in [6.45, 7) is 2.03. The van der Waals surface area contributed by atoms with Gasteiger partial charge < -0.3 is 0 Å². The van der Waals surface area contributed by atoms with Crippen molar-refractivity contribution in [1.29, 1.82) is 0 Å². The molecule has 0 saturated heterocycles. The lowest BCUT2D eigenvalue weighted by Crippen LogP contribution is -2.13. The largest absolute Gasteiger partial charge is 0.263 e. The molecule has 0 spiro atoms. The first kappa shape index (κ1) is 16.9. The van der Waals surface area contributed by atoms with Crippen molar-refractivity contribution < 1.29 is 8.42 Å². The minimum atomic E-state index is -3.67. The molecular weight excluding hydrogens is 334 g/mol. The van der Waals surface area contributed by atoms with Crippen LogP contribution in [0.4, 0.5) is 11.5 Å². The minimum absolute atomic E-state index is 0.160. The zero-order valence-electron chi connectivity index (χ0n) is 13.6. The smallest absolute Gasteiger partial charge is 0.263 e. The van der Waals surface area contributed by atoms with Crippen LogP contribution in [0.15, 0.2) is 82.8 Å². The zero-order valence-corrected chi connectivity index (χ0v) is 14.4. The molecule has 3 aromatic rings. The van der Waals surface area contributed by atoms with Crippen molar-refractivity contribution in [3.8, 4) is 0 Å². The lowest BCUT2D eigenvalue weighted by molar-refractivity contribution is 0.601. The number of hydrogen-bond acceptors (Lipinski definition) is 4. The number of hydrogen-bond donors (Lipinski definition) is 1. The summed E-state index contributed by atoms with van der Waals surface area (Å²) in [6.07, 6.45) is 3.27. The second-order valence-electron chi connectivity index (χ2n) is 5.48. The van der Waals surface area contributed by atoms with Crippen LogP contribution in [-0.4, -0.2) is 19.6 Å². The molecule has 0 unspecified atom stereocenters. The maximum atomic E-state index is 12.3. The van der Waals surface area contributed by atoms with Gasteiger partial charge in [-0.2, -0.15) is 0 Å². The molecule has 0 atom stereocenters. The molecule has 0 fully saturated rings. The van der Waals surface area contributed by atoms with E-state index in [1.54, 1.807) is 36.5 Å². The molecule has 3 rings (SSSR count). The molecule has 6 heteroatoms. The molecule has 0 aliphatic carbocycles. The van der Waals surface area contributed by atoms with Gasteiger partial charge in [0.2, 0.25) is 0 Å². The van der Waals surface area contributed by atoms with E-state index < -0.39 is 10.0 Å². The average Bonchev–Trinajstić information content (AvgIpc) is 2.62. The molecule has 1 heterocycles. The first-order valence-electron chi connectivity index (χ1n) is 7.68. The lowest BCUT2D eigenvalue weighted by atomic mass is 10.2. The van der Waals surface area contributed by atoms with Crippen LogP contribution in [0.5, 0.6) is 0 Å². The molecule has 0 aliphatic rings. The Bertz CT molecular complexity index is 965. The Morgan fingerprint density at radius 1 is 0.960 bits per heavy atom. The summed E-state index contributed by atoms with van der Waals surface area (Å²) in [6, 6.07) is 19.4. The van der Waals surface area contributed by atoms with E-state index in [1.165, 1.54) is 23.9 Å². The molecule has 1 aromatic heterocycles. The van der Waals surface area contributed by atoms with E-state index in [0.717, 1.165) is 5.56 Å². The highest BCUT2D eigenvalue weighted by molar-refractivity contribution is 7.92. The molecule has 126 valence electrons. The average molecular weight is 351 g/mol. The molecular formula is C19H17N3O2S. The second-order valence-corrected chi connectivity index (χ2v) is 7.17. The zero-order chi connectivity index (χ0) is 17.7. The van der Waals surface area contributed by atoms with Crippen LogP contribution < -0.4 is 4.72 Å². The van der Waals surface area contributed by atoms with Crippen molar-refractivity contribution in [1.82, 2.24) is 4.98 Å². The Balaban J connectivity index is 1.74. The number of benzene rings is 2. The van der Waals surface area contributed by atoms with E-state index in [4.69, 9.17) is 0 Å². The van der Waals surface area contributed by atoms with Gasteiger partial charge in [0.15, 0.2) is 0 Å². The van der Waals surface area contributed by atoms with Crippen molar-refractivity contribution in [2.45, 2.75) is 11.8 Å². The van der Waals surface area contributed by atoms with Crippen LogP contribution in [0.3, 0.4) is 0 Å². The van der Waals surface area contributed by atoms with Gasteiger partial charge >= 0.3 is 0 Å². The number of nitrogens with one attached hydrogen (secondary N) is 1. The van der Waals surface area contributed by atoms with Crippen LogP contribution in [0.25, 0.3) is 0 Å². The van der Waals surface area contributed by atoms with E-state index in [-0.39, 0.29) is 10.7 Å². The van der Waals surface area contributed by atoms with E-state index in [0.29, 0.717) is 5.69 Å². The van der Waals surface area contributed by atoms with E-state index in [9.17, 15) is 8.42 Å². The fraction of sp³-hybridized carbons (Fsp3) is 0.0526. The third-order valence-electron chi connectivity index (χ3n) is 3.49. The van der Waals surface area contributed by atoms with Crippen LogP contribution in [0, 0.1) is 6.92 Å². The lowest BCUT2D eigenvalue weighted by Gasteiger charge is -2.07. The van der Waals surface area contributed by atoms with Crippen LogP contribution in [-0.2, 0) is 10.0 Å². The fourth-order valence-electron chi connectivity index (χ4n) is 2.13. The Morgan fingerprint density at radius 3 is 2.32 bits per heavy atom. The van der Waals surface area contributed by atoms with Gasteiger partial charge in [-0.3, -0.25) is 9.71 Å². The summed E-state index contributed by atoms with van der Waals surface area (Å²) < 4.78 is 27.1. The third kappa shape index (κ3) is 4.51. The van der Waals surface area contributed by atoms with Gasteiger partial charge in [-0.15, -0.1) is 0 Å². The number of rotatable bonds is 5. The molecule has 0 saturated carbocycles. The monoisotopic (exact) mass is 351 g/mol. The Labute approximate surface area is 147 Å². The standard InChI is InChI=1S/C19H17N3O2S/c1-15-5-7-16(8-6-15)14-21-17-9-11-18(12-10-17)25(23,24)22-19-4-2-3-13-20-19/h2-14H,1H3,(H,20,22). The van der Waals surface area contributed by atoms with Crippen molar-refractivity contribution in [3.05, 3.63) is 84.1 Å². The maximum Gasteiger partial charge on any atom is 0.263 e. The predicted octanol–water partition coefficient (Wildman–Crippen LogP) is 3.94. The van der Waals surface area contributed by atoms with Crippen molar-refractivity contribution in [3.63, 3.8) is 0 Å². The molecule has 0 bridgehead atoms. The Morgan fingerprint density at radius 2 is 1.68 bits per heavy atom. The Hall–Kier alpha value is -2.99. The van der Waals surface area contributed by atoms with Gasteiger partial charge in [0.1, 0.15) is 5.82 Å². The number of aliphatic imine (C=N–C) groups is 1. The van der Waals surface area contributed by atoms with Crippen molar-refractivity contribution in [2.24, 2.45) is 4.99 Å². The van der Waals surface area contributed by atoms with E-state index in [2.05, 4.69) is 14.7 Å². The molecule has 1 N–H and O–H groups in total. The molecule has 0 amide bonds. The minimum Gasteiger partial charge on any atom is -0.263 e. The third-order valence-corrected chi connectivity index (χ3v) is 4.86. The van der Waals surface area contributed by atoms with Gasteiger partial charge in [-0.1, -0.05) is 35.9 Å². The van der Waals surface area contributed by atoms with E-state index in [1.807, 2.05) is 31.2 Å². The highest BCUT2D eigenvalue weighted by atomic mass is 32.2. The molecule has 2 aromatic carbocycles. The van der Waals surface area contributed by atoms with Crippen molar-refractivity contribution in [2.75, 3.05) is 4.72 Å². The number of aromatic nitrogens is 1. The summed E-state index contributed by atoms with van der Waals surface area (Å²) in [5.74, 6) is 0.281. The highest BCUT2D eigenvalue weighted by Crippen LogP contribution is 2.18. The predicted molar refractivity (Wildman–Crippen MR) is 99.9 cm³/mol. The second kappa shape index (κ2) is 7.27. The summed E-state index contributed by atoms with van der Waals surface area (Å²) in [4.78, 5) is 8.48. The highest BCUT2D eigenvalue weighted by Gasteiger charge is 2.14. The van der Waals surface area contributed by atoms with Crippen LogP contribution >= 0.6 is 0 Å². The first-order valence-corrected chi connectivity index (χ1v) is 9.16. The summed E-state index contributed by atoms with van der Waals surface area (Å²) in [5.41, 5.74) is 2.85. The number of sulfonamides is 1. The molecule has 5 nitrogen and oxygen atoms in total. The first-order chi connectivity index (χ1) is 12.0. The van der Waals surface area contributed by atoms with Gasteiger partial charge in [-0.05, 0) is 48.9 Å². The summed E-state index contributed by atoms with van der Waals surface area (Å²) in [5, 5.41) is 0. The molecule has 0 aliphatic heterocycles. The Kier molecular flexibility index (Phi) is 4.90. The van der Waals surface area contributed by atoms with Crippen LogP contribution in [0.1, 0.15) is 11.1 Å². The number of pyridine rings is 1. The normalized spacial score (nSPS) is 11.6. The number of aryl methyl sites for hydroxylation is 1. The fourth-order valence-corrected chi connectivity index (χ4v) is 3.14. The van der Waals surface area contributed by atoms with Gasteiger partial charge in [-0.25, -0.2) is 13.4 Å². The van der Waals surface area contributed by atoms with Crippen LogP contribution in [0.2, 0.25) is 0 Å². The number of nitrogens with zero attached hydrogens (tertiary/aromatic N) is 2. The molecule has 0 radical (unpaired) electrons. The van der Waals surface area contributed by atoms with E-state index >= 15 is 0 Å². The number of anilines is 1. The topological polar surface area (TPSA) is 71.4 Å². The van der Waals surface area contributed by atoms with Crippen molar-refractivity contribution >= 4 is 27.7 Å². The quantitative estimate of drug-likeness (QED) is 0.708. The summed E-state index contributed by atoms with van der Waals surface area (Å²) >= 11 is 0. The van der Waals surface area contributed by atoms with Gasteiger partial charge in [0, 0.05) is 12.4 Å². The summed E-state index contributed by atoms with van der Waals surface area (Å²) in [7, 11) is -3.67. The SMILES string of the molecule is Cc1ccc(C=Nc2ccc(S(=O)(=O)Nc3ccccn3)cc2)cc1.